The van der Waals surface area contributed by atoms with Gasteiger partial charge in [0.25, 0.3) is 0 Å². The van der Waals surface area contributed by atoms with Crippen LogP contribution in [0.4, 0.5) is 0 Å². The van der Waals surface area contributed by atoms with Crippen LogP contribution in [0.25, 0.3) is 6.08 Å². The number of allylic oxidation sites excluding steroid dienone is 1. The van der Waals surface area contributed by atoms with Crippen LogP contribution in [0.1, 0.15) is 48.9 Å². The first-order valence-corrected chi connectivity index (χ1v) is 13.1. The van der Waals surface area contributed by atoms with E-state index < -0.39 is 23.5 Å². The number of likely N-dealkylation sites (N-methyl/N-ethyl adjacent to an activating group) is 2. The van der Waals surface area contributed by atoms with Crippen molar-refractivity contribution < 1.29 is 14.4 Å². The molecule has 0 unspecified atom stereocenters. The molecule has 0 radical (unpaired) electrons. The zero-order chi connectivity index (χ0) is 27.9. The summed E-state index contributed by atoms with van der Waals surface area (Å²) in [6.45, 7) is 3.77. The van der Waals surface area contributed by atoms with Crippen molar-refractivity contribution in [1.29, 1.82) is 0 Å². The van der Waals surface area contributed by atoms with Crippen molar-refractivity contribution in [3.8, 4) is 0 Å². The molecule has 0 heterocycles. The fraction of sp³-hybridized carbons (Fsp3) is 0.387. The van der Waals surface area contributed by atoms with Crippen LogP contribution in [-0.2, 0) is 33.6 Å². The third-order valence-corrected chi connectivity index (χ3v) is 6.94. The molecular formula is C31H40N4O3. The summed E-state index contributed by atoms with van der Waals surface area (Å²) < 4.78 is 0. The van der Waals surface area contributed by atoms with Gasteiger partial charge in [0, 0.05) is 32.5 Å². The zero-order valence-electron chi connectivity index (χ0n) is 22.9. The van der Waals surface area contributed by atoms with Gasteiger partial charge in [-0.05, 0) is 61.4 Å². The van der Waals surface area contributed by atoms with Gasteiger partial charge < -0.3 is 21.3 Å². The maximum atomic E-state index is 13.9. The highest BCUT2D eigenvalue weighted by Crippen LogP contribution is 2.23. The van der Waals surface area contributed by atoms with E-state index in [-0.39, 0.29) is 18.2 Å². The quantitative estimate of drug-likeness (QED) is 0.447. The minimum atomic E-state index is -0.851. The molecule has 0 spiro atoms. The first-order valence-electron chi connectivity index (χ1n) is 13.1. The second-order valence-electron chi connectivity index (χ2n) is 10.8. The number of rotatable bonds is 11. The summed E-state index contributed by atoms with van der Waals surface area (Å²) in [6.07, 6.45) is 10.5. The van der Waals surface area contributed by atoms with E-state index >= 15 is 0 Å². The van der Waals surface area contributed by atoms with Gasteiger partial charge in [-0.2, -0.15) is 0 Å². The first kappa shape index (κ1) is 28.9. The molecule has 38 heavy (non-hydrogen) atoms. The number of primary amides is 1. The Labute approximate surface area is 226 Å². The summed E-state index contributed by atoms with van der Waals surface area (Å²) in [5.41, 5.74) is 15.6. The molecular weight excluding hydrogens is 476 g/mol. The lowest BCUT2D eigenvalue weighted by atomic mass is 9.93. The number of nitrogens with zero attached hydrogens (tertiary/aromatic N) is 2. The van der Waals surface area contributed by atoms with Gasteiger partial charge in [-0.15, -0.1) is 0 Å². The van der Waals surface area contributed by atoms with Gasteiger partial charge in [-0.25, -0.2) is 0 Å². The van der Waals surface area contributed by atoms with E-state index in [4.69, 9.17) is 11.5 Å². The maximum absolute atomic E-state index is 13.9. The summed E-state index contributed by atoms with van der Waals surface area (Å²) in [7, 11) is 3.19. The number of hydrogen-bond acceptors (Lipinski definition) is 4. The lowest BCUT2D eigenvalue weighted by Crippen LogP contribution is -2.55. The fourth-order valence-corrected chi connectivity index (χ4v) is 4.61. The highest BCUT2D eigenvalue weighted by Gasteiger charge is 2.34. The topological polar surface area (TPSA) is 110 Å². The number of fused-ring (bicyclic) bond motifs is 1. The molecule has 0 aliphatic heterocycles. The first-order chi connectivity index (χ1) is 18.0. The van der Waals surface area contributed by atoms with Gasteiger partial charge in [0.05, 0.1) is 0 Å². The van der Waals surface area contributed by atoms with Crippen molar-refractivity contribution in [2.45, 2.75) is 63.6 Å². The Hall–Kier alpha value is -3.71. The second kappa shape index (κ2) is 12.7. The van der Waals surface area contributed by atoms with Crippen LogP contribution in [0.3, 0.4) is 0 Å². The Balaban J connectivity index is 1.89. The predicted molar refractivity (Wildman–Crippen MR) is 152 cm³/mol. The molecule has 1 aliphatic rings. The number of amides is 3. The number of nitrogens with two attached hydrogens (primary N) is 2. The van der Waals surface area contributed by atoms with Crippen molar-refractivity contribution in [2.75, 3.05) is 14.1 Å². The molecule has 202 valence electrons. The van der Waals surface area contributed by atoms with Crippen molar-refractivity contribution in [3.05, 3.63) is 89.0 Å². The van der Waals surface area contributed by atoms with Crippen LogP contribution in [0.2, 0.25) is 0 Å². The van der Waals surface area contributed by atoms with Gasteiger partial charge >= 0.3 is 0 Å². The molecule has 0 fully saturated rings. The van der Waals surface area contributed by atoms with Crippen LogP contribution >= 0.6 is 0 Å². The minimum Gasteiger partial charge on any atom is -0.368 e. The number of carbonyl (C=O) groups is 3. The lowest BCUT2D eigenvalue weighted by Gasteiger charge is -2.34. The minimum absolute atomic E-state index is 0.290. The molecule has 2 atom stereocenters. The molecule has 3 rings (SSSR count). The van der Waals surface area contributed by atoms with Gasteiger partial charge in [-0.3, -0.25) is 14.4 Å². The maximum Gasteiger partial charge on any atom is 0.246 e. The van der Waals surface area contributed by atoms with Crippen LogP contribution < -0.4 is 11.5 Å². The van der Waals surface area contributed by atoms with E-state index in [0.717, 1.165) is 29.5 Å². The lowest BCUT2D eigenvalue weighted by molar-refractivity contribution is -0.145. The summed E-state index contributed by atoms with van der Waals surface area (Å²) in [5, 5.41) is 0. The van der Waals surface area contributed by atoms with Crippen LogP contribution in [0, 0.1) is 0 Å². The molecule has 2 aromatic rings. The average molecular weight is 517 g/mol. The van der Waals surface area contributed by atoms with Crippen LogP contribution in [0.15, 0.2) is 66.8 Å². The molecule has 2 aromatic carbocycles. The smallest absolute Gasteiger partial charge is 0.246 e. The van der Waals surface area contributed by atoms with E-state index in [1.807, 2.05) is 50.2 Å². The van der Waals surface area contributed by atoms with Crippen molar-refractivity contribution in [2.24, 2.45) is 11.5 Å². The summed E-state index contributed by atoms with van der Waals surface area (Å²) in [4.78, 5) is 42.3. The Bertz CT molecular complexity index is 1200. The Morgan fingerprint density at radius 2 is 1.66 bits per heavy atom. The van der Waals surface area contributed by atoms with Gasteiger partial charge in [0.1, 0.15) is 12.1 Å². The van der Waals surface area contributed by atoms with E-state index in [2.05, 4.69) is 24.3 Å². The van der Waals surface area contributed by atoms with E-state index in [1.165, 1.54) is 21.4 Å². The number of aryl methyl sites for hydroxylation is 1. The Morgan fingerprint density at radius 3 is 2.32 bits per heavy atom. The van der Waals surface area contributed by atoms with E-state index in [0.29, 0.717) is 12.8 Å². The van der Waals surface area contributed by atoms with Crippen molar-refractivity contribution in [1.82, 2.24) is 9.80 Å². The monoisotopic (exact) mass is 516 g/mol. The number of benzene rings is 2. The summed E-state index contributed by atoms with van der Waals surface area (Å²) in [6, 6.07) is 13.9. The molecule has 0 saturated carbocycles. The predicted octanol–water partition coefficient (Wildman–Crippen LogP) is 3.25. The fourth-order valence-electron chi connectivity index (χ4n) is 4.61. The molecule has 0 saturated heterocycles. The van der Waals surface area contributed by atoms with Crippen LogP contribution in [0.5, 0.6) is 0 Å². The van der Waals surface area contributed by atoms with Gasteiger partial charge in [-0.1, -0.05) is 66.8 Å². The van der Waals surface area contributed by atoms with Gasteiger partial charge in [0.15, 0.2) is 0 Å². The van der Waals surface area contributed by atoms with E-state index in [1.54, 1.807) is 20.2 Å². The SMILES string of the molecule is CN(C(=O)/C=C/CC(C)(C)N)[C@H](Cc1ccc2c(c1)C=CCC2)C(=O)N(C)[C@H](Cc1ccccc1)C(N)=O. The Morgan fingerprint density at radius 1 is 0.974 bits per heavy atom. The zero-order valence-corrected chi connectivity index (χ0v) is 22.9. The highest BCUT2D eigenvalue weighted by atomic mass is 16.2. The normalized spacial score (nSPS) is 14.6. The molecule has 4 N–H and O–H groups in total. The highest BCUT2D eigenvalue weighted by molar-refractivity contribution is 5.94. The van der Waals surface area contributed by atoms with Gasteiger partial charge in [0.2, 0.25) is 17.7 Å². The number of hydrogen-bond donors (Lipinski definition) is 2. The van der Waals surface area contributed by atoms with Crippen LogP contribution in [-0.4, -0.2) is 59.2 Å². The molecule has 3 amide bonds. The second-order valence-corrected chi connectivity index (χ2v) is 10.8. The van der Waals surface area contributed by atoms with Crippen molar-refractivity contribution >= 4 is 23.8 Å². The van der Waals surface area contributed by atoms with Crippen molar-refractivity contribution in [3.63, 3.8) is 0 Å². The summed E-state index contributed by atoms with van der Waals surface area (Å²) >= 11 is 0. The largest absolute Gasteiger partial charge is 0.368 e. The molecule has 0 bridgehead atoms. The summed E-state index contributed by atoms with van der Waals surface area (Å²) in [5.74, 6) is -1.25. The molecule has 7 heteroatoms. The third kappa shape index (κ3) is 7.89. The third-order valence-electron chi connectivity index (χ3n) is 6.94. The standard InChI is InChI=1S/C31H40N4O3/c1-31(2,33)18-10-15-28(36)34(3)27(21-23-16-17-24-13-8-9-14-25(24)19-23)30(38)35(4)26(29(32)37)20-22-11-6-5-7-12-22/h5-7,9-12,14-17,19,26-27H,8,13,18,20-21,33H2,1-4H3,(H2,32,37)/b15-10+/t26-,27-/m1/s1. The Kier molecular flexibility index (Phi) is 9.64. The van der Waals surface area contributed by atoms with E-state index in [9.17, 15) is 14.4 Å². The average Bonchev–Trinajstić information content (AvgIpc) is 2.88. The molecule has 0 aromatic heterocycles. The molecule has 7 nitrogen and oxygen atoms in total. The number of carbonyl (C=O) groups excluding carboxylic acids is 3. The molecule has 1 aliphatic carbocycles.